The number of nitrogens with two attached hydrogens (primary N) is 3. The van der Waals surface area contributed by atoms with Crippen LogP contribution >= 0.6 is 0 Å². The molecule has 0 aliphatic rings. The van der Waals surface area contributed by atoms with Crippen molar-refractivity contribution < 1.29 is 19.8 Å². The van der Waals surface area contributed by atoms with Gasteiger partial charge in [0.25, 0.3) is 0 Å². The zero-order chi connectivity index (χ0) is 11.3. The van der Waals surface area contributed by atoms with E-state index in [1.807, 2.05) is 0 Å². The van der Waals surface area contributed by atoms with Crippen molar-refractivity contribution in [3.05, 3.63) is 0 Å². The highest BCUT2D eigenvalue weighted by Crippen LogP contribution is 2.01. The van der Waals surface area contributed by atoms with Crippen molar-refractivity contribution in [2.75, 3.05) is 0 Å². The minimum absolute atomic E-state index is 0.0102. The minimum Gasteiger partial charge on any atom is -0.480 e. The van der Waals surface area contributed by atoms with Gasteiger partial charge in [-0.25, -0.2) is 0 Å². The van der Waals surface area contributed by atoms with E-state index in [1.165, 1.54) is 0 Å². The topological polar surface area (TPSA) is 153 Å². The van der Waals surface area contributed by atoms with E-state index in [1.54, 1.807) is 0 Å². The first kappa shape index (κ1) is 12.8. The normalized spacial score (nSPS) is 17.1. The lowest BCUT2D eigenvalue weighted by atomic mass is 10.0. The second-order valence-electron chi connectivity index (χ2n) is 3.12. The summed E-state index contributed by atoms with van der Waals surface area (Å²) in [6, 6.07) is -2.77. The molecule has 8 N–H and O–H groups in total. The van der Waals surface area contributed by atoms with Gasteiger partial charge in [0.2, 0.25) is 0 Å². The molecule has 0 spiro atoms. The molecule has 0 rings (SSSR count). The summed E-state index contributed by atoms with van der Waals surface area (Å²) in [5.74, 6) is -2.33. The van der Waals surface area contributed by atoms with Crippen LogP contribution in [-0.4, -0.2) is 40.3 Å². The summed E-state index contributed by atoms with van der Waals surface area (Å²) in [4.78, 5) is 20.7. The van der Waals surface area contributed by atoms with E-state index in [0.717, 1.165) is 0 Å². The average molecular weight is 205 g/mol. The Morgan fingerprint density at radius 2 is 1.21 bits per heavy atom. The first-order valence-corrected chi connectivity index (χ1v) is 4.07. The molecule has 14 heavy (non-hydrogen) atoms. The summed E-state index contributed by atoms with van der Waals surface area (Å²) in [7, 11) is 0. The van der Waals surface area contributed by atoms with Crippen LogP contribution in [0.1, 0.15) is 12.8 Å². The number of hydrogen-bond donors (Lipinski definition) is 5. The third kappa shape index (κ3) is 4.75. The molecule has 2 atom stereocenters. The molecule has 0 fully saturated rings. The third-order valence-electron chi connectivity index (χ3n) is 1.75. The van der Waals surface area contributed by atoms with E-state index in [9.17, 15) is 9.59 Å². The second kappa shape index (κ2) is 5.53. The van der Waals surface area contributed by atoms with Crippen LogP contribution in [0.25, 0.3) is 0 Å². The van der Waals surface area contributed by atoms with Gasteiger partial charge in [-0.15, -0.1) is 0 Å². The van der Waals surface area contributed by atoms with Crippen molar-refractivity contribution in [1.29, 1.82) is 0 Å². The summed E-state index contributed by atoms with van der Waals surface area (Å²) < 4.78 is 0. The Morgan fingerprint density at radius 3 is 1.43 bits per heavy atom. The molecule has 0 aliphatic carbocycles. The monoisotopic (exact) mass is 205 g/mol. The smallest absolute Gasteiger partial charge is 0.320 e. The molecule has 0 saturated heterocycles. The maximum Gasteiger partial charge on any atom is 0.320 e. The number of hydrogen-bond acceptors (Lipinski definition) is 5. The Kier molecular flexibility index (Phi) is 5.06. The average Bonchev–Trinajstić information content (AvgIpc) is 2.03. The molecule has 0 bridgehead atoms. The zero-order valence-corrected chi connectivity index (χ0v) is 7.59. The van der Waals surface area contributed by atoms with Crippen molar-refractivity contribution in [3.8, 4) is 0 Å². The molecule has 0 aliphatic heterocycles. The maximum atomic E-state index is 10.3. The SMILES string of the molecule is NC(CC(N)C(=O)O)CC(N)C(=O)O. The fraction of sp³-hybridized carbons (Fsp3) is 0.714. The quantitative estimate of drug-likeness (QED) is 0.333. The molecule has 7 heteroatoms. The van der Waals surface area contributed by atoms with Crippen LogP contribution in [-0.2, 0) is 9.59 Å². The summed E-state index contributed by atoms with van der Waals surface area (Å²) >= 11 is 0. The van der Waals surface area contributed by atoms with Crippen LogP contribution in [0.15, 0.2) is 0 Å². The Hall–Kier alpha value is -1.18. The predicted octanol–water partition coefficient (Wildman–Crippen LogP) is -2.08. The largest absolute Gasteiger partial charge is 0.480 e. The fourth-order valence-corrected chi connectivity index (χ4v) is 0.950. The number of carboxylic acid groups (broad SMARTS) is 2. The van der Waals surface area contributed by atoms with Crippen molar-refractivity contribution in [2.24, 2.45) is 17.2 Å². The van der Waals surface area contributed by atoms with Gasteiger partial charge in [-0.1, -0.05) is 0 Å². The first-order chi connectivity index (χ1) is 6.34. The van der Waals surface area contributed by atoms with E-state index in [2.05, 4.69) is 0 Å². The molecule has 0 saturated carbocycles. The molecule has 2 unspecified atom stereocenters. The molecule has 7 nitrogen and oxygen atoms in total. The van der Waals surface area contributed by atoms with Crippen LogP contribution in [0.5, 0.6) is 0 Å². The van der Waals surface area contributed by atoms with Gasteiger partial charge in [0.05, 0.1) is 0 Å². The highest BCUT2D eigenvalue weighted by molar-refractivity contribution is 5.74. The molecule has 0 aromatic carbocycles. The van der Waals surface area contributed by atoms with Crippen LogP contribution in [0.4, 0.5) is 0 Å². The van der Waals surface area contributed by atoms with Gasteiger partial charge in [0.1, 0.15) is 12.1 Å². The Morgan fingerprint density at radius 1 is 0.929 bits per heavy atom. The Labute approximate surface area is 80.9 Å². The van der Waals surface area contributed by atoms with Gasteiger partial charge in [-0.3, -0.25) is 9.59 Å². The van der Waals surface area contributed by atoms with Gasteiger partial charge in [0, 0.05) is 6.04 Å². The second-order valence-corrected chi connectivity index (χ2v) is 3.12. The van der Waals surface area contributed by atoms with Crippen molar-refractivity contribution in [2.45, 2.75) is 31.0 Å². The van der Waals surface area contributed by atoms with Gasteiger partial charge in [0.15, 0.2) is 0 Å². The van der Waals surface area contributed by atoms with Gasteiger partial charge >= 0.3 is 11.9 Å². The number of rotatable bonds is 6. The molecular formula is C7H15N3O4. The molecule has 0 heterocycles. The molecular weight excluding hydrogens is 190 g/mol. The predicted molar refractivity (Wildman–Crippen MR) is 48.4 cm³/mol. The van der Waals surface area contributed by atoms with Crippen LogP contribution < -0.4 is 17.2 Å². The van der Waals surface area contributed by atoms with Crippen molar-refractivity contribution >= 4 is 11.9 Å². The van der Waals surface area contributed by atoms with E-state index in [-0.39, 0.29) is 12.8 Å². The summed E-state index contributed by atoms with van der Waals surface area (Å²) in [5.41, 5.74) is 15.9. The third-order valence-corrected chi connectivity index (χ3v) is 1.75. The molecule has 82 valence electrons. The van der Waals surface area contributed by atoms with E-state index in [0.29, 0.717) is 0 Å². The highest BCUT2D eigenvalue weighted by Gasteiger charge is 2.20. The van der Waals surface area contributed by atoms with Crippen molar-refractivity contribution in [1.82, 2.24) is 0 Å². The van der Waals surface area contributed by atoms with Gasteiger partial charge in [-0.2, -0.15) is 0 Å². The van der Waals surface area contributed by atoms with Gasteiger partial charge in [-0.05, 0) is 12.8 Å². The number of carboxylic acids is 2. The Balaban J connectivity index is 3.92. The lowest BCUT2D eigenvalue weighted by Crippen LogP contribution is -2.42. The minimum atomic E-state index is -1.16. The summed E-state index contributed by atoms with van der Waals surface area (Å²) in [6.07, 6.45) is 0.0205. The standard InChI is InChI=1S/C7H15N3O4/c8-3(1-4(9)6(11)12)2-5(10)7(13)14/h3-5H,1-2,8-10H2,(H,11,12)(H,13,14). The van der Waals surface area contributed by atoms with Crippen LogP contribution in [0.3, 0.4) is 0 Å². The van der Waals surface area contributed by atoms with Crippen LogP contribution in [0, 0.1) is 0 Å². The van der Waals surface area contributed by atoms with E-state index < -0.39 is 30.1 Å². The number of aliphatic carboxylic acids is 2. The molecule has 0 radical (unpaired) electrons. The summed E-state index contributed by atoms with van der Waals surface area (Å²) in [5, 5.41) is 16.9. The van der Waals surface area contributed by atoms with Gasteiger partial charge < -0.3 is 27.4 Å². The molecule has 0 aromatic heterocycles. The van der Waals surface area contributed by atoms with Crippen LogP contribution in [0.2, 0.25) is 0 Å². The van der Waals surface area contributed by atoms with E-state index >= 15 is 0 Å². The Bertz CT molecular complexity index is 199. The summed E-state index contributed by atoms with van der Waals surface area (Å²) in [6.45, 7) is 0. The molecule has 0 amide bonds. The molecule has 0 aromatic rings. The lowest BCUT2D eigenvalue weighted by molar-refractivity contribution is -0.139. The first-order valence-electron chi connectivity index (χ1n) is 4.07. The van der Waals surface area contributed by atoms with E-state index in [4.69, 9.17) is 27.4 Å². The highest BCUT2D eigenvalue weighted by atomic mass is 16.4. The lowest BCUT2D eigenvalue weighted by Gasteiger charge is -2.16. The fourth-order valence-electron chi connectivity index (χ4n) is 0.950. The van der Waals surface area contributed by atoms with Crippen molar-refractivity contribution in [3.63, 3.8) is 0 Å². The zero-order valence-electron chi connectivity index (χ0n) is 7.59. The maximum absolute atomic E-state index is 10.3. The number of carbonyl (C=O) groups is 2.